The van der Waals surface area contributed by atoms with Crippen molar-refractivity contribution in [2.24, 2.45) is 0 Å². The molecule has 0 saturated heterocycles. The number of carbonyl (C=O) groups excluding carboxylic acids is 1. The molecule has 30 heavy (non-hydrogen) atoms. The molecule has 0 aliphatic heterocycles. The number of thioether (sulfide) groups is 1. The van der Waals surface area contributed by atoms with Gasteiger partial charge < -0.3 is 9.73 Å². The van der Waals surface area contributed by atoms with Gasteiger partial charge in [0, 0.05) is 22.6 Å². The number of aryl methyl sites for hydroxylation is 2. The van der Waals surface area contributed by atoms with Crippen molar-refractivity contribution in [1.82, 2.24) is 14.8 Å². The van der Waals surface area contributed by atoms with Crippen LogP contribution in [0.2, 0.25) is 5.02 Å². The van der Waals surface area contributed by atoms with Gasteiger partial charge in [-0.25, -0.2) is 0 Å². The molecule has 0 aliphatic rings. The summed E-state index contributed by atoms with van der Waals surface area (Å²) in [6.07, 6.45) is 0. The molecule has 0 spiro atoms. The third-order valence-electron chi connectivity index (χ3n) is 4.85. The number of nitrogens with zero attached hydrogens (tertiary/aromatic N) is 3. The average molecular weight is 441 g/mol. The lowest BCUT2D eigenvalue weighted by molar-refractivity contribution is -0.113. The Kier molecular flexibility index (Phi) is 5.83. The number of anilines is 1. The minimum Gasteiger partial charge on any atom is -0.453 e. The van der Waals surface area contributed by atoms with Crippen molar-refractivity contribution in [2.75, 3.05) is 11.1 Å². The highest BCUT2D eigenvalue weighted by molar-refractivity contribution is 7.99. The van der Waals surface area contributed by atoms with Crippen molar-refractivity contribution in [3.05, 3.63) is 58.6 Å². The quantitative estimate of drug-likeness (QED) is 0.388. The van der Waals surface area contributed by atoms with E-state index in [1.165, 1.54) is 17.3 Å². The first-order valence-corrected chi connectivity index (χ1v) is 10.9. The number of rotatable bonds is 6. The van der Waals surface area contributed by atoms with Crippen LogP contribution in [0.5, 0.6) is 0 Å². The van der Waals surface area contributed by atoms with Crippen LogP contribution in [0.4, 0.5) is 5.69 Å². The monoisotopic (exact) mass is 440 g/mol. The highest BCUT2D eigenvalue weighted by atomic mass is 35.5. The number of halogens is 1. The molecular weight excluding hydrogens is 420 g/mol. The van der Waals surface area contributed by atoms with Crippen LogP contribution < -0.4 is 5.32 Å². The molecular formula is C22H21ClN4O2S. The maximum absolute atomic E-state index is 12.4. The maximum Gasteiger partial charge on any atom is 0.234 e. The molecule has 4 rings (SSSR count). The molecule has 2 aromatic heterocycles. The molecule has 0 unspecified atom stereocenters. The van der Waals surface area contributed by atoms with Crippen LogP contribution in [0, 0.1) is 13.8 Å². The van der Waals surface area contributed by atoms with Crippen LogP contribution in [0.15, 0.2) is 52.0 Å². The summed E-state index contributed by atoms with van der Waals surface area (Å²) in [6, 6.07) is 13.3. The van der Waals surface area contributed by atoms with Gasteiger partial charge in [0.05, 0.1) is 5.75 Å². The van der Waals surface area contributed by atoms with Crippen LogP contribution in [0.3, 0.4) is 0 Å². The van der Waals surface area contributed by atoms with Gasteiger partial charge >= 0.3 is 0 Å². The number of carbonyl (C=O) groups is 1. The van der Waals surface area contributed by atoms with E-state index in [9.17, 15) is 4.79 Å². The lowest BCUT2D eigenvalue weighted by Crippen LogP contribution is -2.14. The number of amides is 1. The van der Waals surface area contributed by atoms with E-state index >= 15 is 0 Å². The zero-order valence-corrected chi connectivity index (χ0v) is 18.5. The fourth-order valence-electron chi connectivity index (χ4n) is 3.13. The van der Waals surface area contributed by atoms with Crippen LogP contribution in [-0.4, -0.2) is 26.4 Å². The molecule has 1 N–H and O–H groups in total. The molecule has 0 bridgehead atoms. The number of fused-ring (bicyclic) bond motifs is 1. The Morgan fingerprint density at radius 1 is 1.13 bits per heavy atom. The van der Waals surface area contributed by atoms with Gasteiger partial charge in [-0.15, -0.1) is 10.2 Å². The second kappa shape index (κ2) is 8.53. The maximum atomic E-state index is 12.4. The molecule has 0 saturated carbocycles. The Bertz CT molecular complexity index is 1230. The van der Waals surface area contributed by atoms with Gasteiger partial charge in [0.25, 0.3) is 0 Å². The average Bonchev–Trinajstić information content (AvgIpc) is 3.32. The molecule has 2 aromatic carbocycles. The van der Waals surface area contributed by atoms with E-state index in [0.29, 0.717) is 28.3 Å². The van der Waals surface area contributed by atoms with E-state index in [2.05, 4.69) is 15.5 Å². The molecule has 154 valence electrons. The summed E-state index contributed by atoms with van der Waals surface area (Å²) in [5.74, 6) is 1.39. The normalized spacial score (nSPS) is 11.2. The number of benzene rings is 2. The Morgan fingerprint density at radius 3 is 2.73 bits per heavy atom. The third-order valence-corrected chi connectivity index (χ3v) is 6.06. The predicted octanol–water partition coefficient (Wildman–Crippen LogP) is 5.71. The summed E-state index contributed by atoms with van der Waals surface area (Å²) in [6.45, 7) is 6.73. The van der Waals surface area contributed by atoms with Crippen molar-refractivity contribution in [1.29, 1.82) is 0 Å². The second-order valence-corrected chi connectivity index (χ2v) is 8.36. The third kappa shape index (κ3) is 4.22. The number of furan rings is 1. The summed E-state index contributed by atoms with van der Waals surface area (Å²) in [5.41, 5.74) is 3.87. The molecule has 4 aromatic rings. The lowest BCUT2D eigenvalue weighted by atomic mass is 10.1. The lowest BCUT2D eigenvalue weighted by Gasteiger charge is -2.08. The van der Waals surface area contributed by atoms with E-state index in [4.69, 9.17) is 16.0 Å². The highest BCUT2D eigenvalue weighted by Gasteiger charge is 2.18. The molecule has 0 atom stereocenters. The number of nitrogens with one attached hydrogen (secondary N) is 1. The van der Waals surface area contributed by atoms with Crippen LogP contribution in [-0.2, 0) is 11.3 Å². The van der Waals surface area contributed by atoms with E-state index in [1.807, 2.05) is 61.7 Å². The van der Waals surface area contributed by atoms with Crippen molar-refractivity contribution >= 4 is 45.9 Å². The van der Waals surface area contributed by atoms with Gasteiger partial charge in [0.2, 0.25) is 11.7 Å². The van der Waals surface area contributed by atoms with Gasteiger partial charge in [-0.2, -0.15) is 0 Å². The van der Waals surface area contributed by atoms with Gasteiger partial charge in [-0.1, -0.05) is 29.4 Å². The molecule has 8 heteroatoms. The van der Waals surface area contributed by atoms with Gasteiger partial charge in [-0.3, -0.25) is 9.36 Å². The molecule has 2 heterocycles. The minimum atomic E-state index is -0.0890. The van der Waals surface area contributed by atoms with E-state index < -0.39 is 0 Å². The molecule has 1 amide bonds. The van der Waals surface area contributed by atoms with Crippen molar-refractivity contribution in [3.8, 4) is 11.6 Å². The van der Waals surface area contributed by atoms with Crippen LogP contribution >= 0.6 is 23.4 Å². The van der Waals surface area contributed by atoms with Crippen molar-refractivity contribution < 1.29 is 9.21 Å². The first kappa shape index (κ1) is 20.5. The van der Waals surface area contributed by atoms with Gasteiger partial charge in [-0.05, 0) is 68.3 Å². The van der Waals surface area contributed by atoms with Crippen molar-refractivity contribution in [2.45, 2.75) is 32.5 Å². The minimum absolute atomic E-state index is 0.0890. The zero-order chi connectivity index (χ0) is 21.3. The predicted molar refractivity (Wildman–Crippen MR) is 121 cm³/mol. The smallest absolute Gasteiger partial charge is 0.234 e. The molecule has 0 aliphatic carbocycles. The van der Waals surface area contributed by atoms with E-state index in [1.54, 1.807) is 6.07 Å². The Morgan fingerprint density at radius 2 is 1.97 bits per heavy atom. The van der Waals surface area contributed by atoms with Crippen molar-refractivity contribution in [3.63, 3.8) is 0 Å². The fourth-order valence-corrected chi connectivity index (χ4v) is 4.12. The summed E-state index contributed by atoms with van der Waals surface area (Å²) in [5, 5.41) is 13.7. The molecule has 0 fully saturated rings. The Hall–Kier alpha value is -2.77. The Balaban J connectivity index is 1.49. The molecule has 0 radical (unpaired) electrons. The fraction of sp³-hybridized carbons (Fsp3) is 0.227. The van der Waals surface area contributed by atoms with Crippen LogP contribution in [0.25, 0.3) is 22.6 Å². The summed E-state index contributed by atoms with van der Waals surface area (Å²) < 4.78 is 7.86. The largest absolute Gasteiger partial charge is 0.453 e. The zero-order valence-electron chi connectivity index (χ0n) is 16.9. The Labute approximate surface area is 183 Å². The number of hydrogen-bond donors (Lipinski definition) is 1. The van der Waals surface area contributed by atoms with E-state index in [0.717, 1.165) is 22.2 Å². The van der Waals surface area contributed by atoms with Crippen LogP contribution in [0.1, 0.15) is 18.1 Å². The highest BCUT2D eigenvalue weighted by Crippen LogP contribution is 2.30. The SMILES string of the molecule is CCn1c(SCC(=O)Nc2ccc(C)c(C)c2)nnc1-c1cc2cc(Cl)ccc2o1. The van der Waals surface area contributed by atoms with Gasteiger partial charge in [0.15, 0.2) is 10.9 Å². The first-order chi connectivity index (χ1) is 14.4. The summed E-state index contributed by atoms with van der Waals surface area (Å²) in [7, 11) is 0. The van der Waals surface area contributed by atoms with E-state index in [-0.39, 0.29) is 11.7 Å². The summed E-state index contributed by atoms with van der Waals surface area (Å²) >= 11 is 7.41. The summed E-state index contributed by atoms with van der Waals surface area (Å²) in [4.78, 5) is 12.4. The number of hydrogen-bond acceptors (Lipinski definition) is 5. The molecule has 6 nitrogen and oxygen atoms in total. The standard InChI is InChI=1S/C22H21ClN4O2S/c1-4-27-21(19-11-15-10-16(23)6-8-18(15)29-19)25-26-22(27)30-12-20(28)24-17-7-5-13(2)14(3)9-17/h5-11H,4,12H2,1-3H3,(H,24,28). The first-order valence-electron chi connectivity index (χ1n) is 9.57. The second-order valence-electron chi connectivity index (χ2n) is 6.98. The van der Waals surface area contributed by atoms with Gasteiger partial charge in [0.1, 0.15) is 5.58 Å². The topological polar surface area (TPSA) is 73.0 Å². The number of aromatic nitrogens is 3.